The quantitative estimate of drug-likeness (QED) is 0.196. The summed E-state index contributed by atoms with van der Waals surface area (Å²) in [5.41, 5.74) is 1.33. The molecule has 0 aromatic heterocycles. The van der Waals surface area contributed by atoms with Gasteiger partial charge in [-0.3, -0.25) is 9.89 Å². The van der Waals surface area contributed by atoms with Crippen LogP contribution in [-0.2, 0) is 6.54 Å². The molecular weight excluding hydrogens is 493 g/mol. The fourth-order valence-electron chi connectivity index (χ4n) is 3.42. The van der Waals surface area contributed by atoms with Gasteiger partial charge in [0.05, 0.1) is 20.8 Å². The number of rotatable bonds is 9. The van der Waals surface area contributed by atoms with E-state index in [4.69, 9.17) is 14.5 Å². The highest BCUT2D eigenvalue weighted by Gasteiger charge is 2.23. The van der Waals surface area contributed by atoms with Crippen LogP contribution in [0.15, 0.2) is 23.2 Å². The zero-order valence-corrected chi connectivity index (χ0v) is 21.7. The molecule has 1 aromatic rings. The van der Waals surface area contributed by atoms with E-state index in [0.29, 0.717) is 6.04 Å². The lowest BCUT2D eigenvalue weighted by atomic mass is 10.1. The van der Waals surface area contributed by atoms with Gasteiger partial charge in [0.25, 0.3) is 0 Å². The minimum atomic E-state index is 0. The summed E-state index contributed by atoms with van der Waals surface area (Å²) in [6.07, 6.45) is 1.10. The Bertz CT molecular complexity index is 641. The predicted octanol–water partition coefficient (Wildman–Crippen LogP) is 2.84. The van der Waals surface area contributed by atoms with E-state index in [1.807, 2.05) is 6.07 Å². The highest BCUT2D eigenvalue weighted by atomic mass is 127. The van der Waals surface area contributed by atoms with E-state index in [9.17, 15) is 0 Å². The number of methoxy groups -OCH3 is 2. The zero-order valence-electron chi connectivity index (χ0n) is 19.4. The average molecular weight is 533 g/mol. The van der Waals surface area contributed by atoms with E-state index >= 15 is 0 Å². The second kappa shape index (κ2) is 13.2. The maximum absolute atomic E-state index is 5.39. The largest absolute Gasteiger partial charge is 0.497 e. The number of nitrogens with zero attached hydrogens (tertiary/aromatic N) is 2. The van der Waals surface area contributed by atoms with Crippen LogP contribution in [-0.4, -0.2) is 69.4 Å². The first kappa shape index (κ1) is 26.8. The van der Waals surface area contributed by atoms with Crippen LogP contribution in [0.3, 0.4) is 0 Å². The van der Waals surface area contributed by atoms with Gasteiger partial charge >= 0.3 is 0 Å². The Morgan fingerprint density at radius 2 is 1.83 bits per heavy atom. The Morgan fingerprint density at radius 3 is 2.40 bits per heavy atom. The van der Waals surface area contributed by atoms with Gasteiger partial charge < -0.3 is 25.4 Å². The lowest BCUT2D eigenvalue weighted by molar-refractivity contribution is 0.321. The molecule has 0 bridgehead atoms. The summed E-state index contributed by atoms with van der Waals surface area (Å²) in [4.78, 5) is 7.17. The van der Waals surface area contributed by atoms with Crippen molar-refractivity contribution < 1.29 is 9.47 Å². The Labute approximate surface area is 199 Å². The Hall–Kier alpha value is -1.26. The van der Waals surface area contributed by atoms with Crippen molar-refractivity contribution in [1.82, 2.24) is 20.9 Å². The fraction of sp³-hybridized carbons (Fsp3) is 0.682. The number of aliphatic imine (C=N–C) groups is 1. The summed E-state index contributed by atoms with van der Waals surface area (Å²) in [6.45, 7) is 14.0. The van der Waals surface area contributed by atoms with Gasteiger partial charge in [0.15, 0.2) is 5.96 Å². The third-order valence-electron chi connectivity index (χ3n) is 4.81. The van der Waals surface area contributed by atoms with Crippen LogP contribution in [0.1, 0.15) is 39.7 Å². The average Bonchev–Trinajstić information content (AvgIpc) is 3.10. The molecule has 8 heteroatoms. The van der Waals surface area contributed by atoms with Crippen LogP contribution in [0, 0.1) is 0 Å². The monoisotopic (exact) mass is 533 g/mol. The van der Waals surface area contributed by atoms with Crippen LogP contribution < -0.4 is 25.4 Å². The molecule has 0 amide bonds. The highest BCUT2D eigenvalue weighted by molar-refractivity contribution is 14.0. The van der Waals surface area contributed by atoms with Gasteiger partial charge in [-0.05, 0) is 51.8 Å². The van der Waals surface area contributed by atoms with Gasteiger partial charge in [0, 0.05) is 50.4 Å². The molecule has 7 nitrogen and oxygen atoms in total. The summed E-state index contributed by atoms with van der Waals surface area (Å²) in [6, 6.07) is 6.47. The number of benzene rings is 1. The van der Waals surface area contributed by atoms with E-state index in [1.54, 1.807) is 14.2 Å². The van der Waals surface area contributed by atoms with Gasteiger partial charge in [-0.2, -0.15) is 0 Å². The number of hydrogen-bond donors (Lipinski definition) is 3. The van der Waals surface area contributed by atoms with E-state index < -0.39 is 0 Å². The van der Waals surface area contributed by atoms with Crippen molar-refractivity contribution in [3.05, 3.63) is 23.8 Å². The molecule has 1 atom stereocenters. The number of nitrogens with one attached hydrogen (secondary N) is 3. The van der Waals surface area contributed by atoms with E-state index in [2.05, 4.69) is 60.7 Å². The molecule has 0 spiro atoms. The molecule has 1 aliphatic rings. The molecule has 0 saturated carbocycles. The SMILES string of the molecule is CCNC(=NCCNC(C)(C)C)NC1CCN(Cc2cc(OC)cc(OC)c2)C1.I. The van der Waals surface area contributed by atoms with Crippen molar-refractivity contribution in [3.8, 4) is 11.5 Å². The maximum Gasteiger partial charge on any atom is 0.191 e. The van der Waals surface area contributed by atoms with Crippen molar-refractivity contribution in [2.75, 3.05) is 46.9 Å². The number of hydrogen-bond acceptors (Lipinski definition) is 5. The number of ether oxygens (including phenoxy) is 2. The standard InChI is InChI=1S/C22H39N5O2.HI/c1-7-23-21(24-9-10-25-22(2,3)4)26-18-8-11-27(16-18)15-17-12-19(28-5)14-20(13-17)29-6;/h12-14,18,25H,7-11,15-16H2,1-6H3,(H2,23,24,26);1H. The molecule has 3 N–H and O–H groups in total. The normalized spacial score (nSPS) is 17.4. The van der Waals surface area contributed by atoms with Crippen LogP contribution in [0.25, 0.3) is 0 Å². The van der Waals surface area contributed by atoms with Gasteiger partial charge in [-0.25, -0.2) is 0 Å². The van der Waals surface area contributed by atoms with Gasteiger partial charge in [-0.15, -0.1) is 24.0 Å². The molecule has 0 aliphatic carbocycles. The molecular formula is C22H40IN5O2. The lowest BCUT2D eigenvalue weighted by Crippen LogP contribution is -2.45. The molecule has 1 saturated heterocycles. The molecule has 1 fully saturated rings. The second-order valence-electron chi connectivity index (χ2n) is 8.52. The Balaban J connectivity index is 0.00000450. The third kappa shape index (κ3) is 9.70. The third-order valence-corrected chi connectivity index (χ3v) is 4.81. The summed E-state index contributed by atoms with van der Waals surface area (Å²) in [5, 5.41) is 10.4. The van der Waals surface area contributed by atoms with E-state index in [1.165, 1.54) is 5.56 Å². The molecule has 1 heterocycles. The zero-order chi connectivity index (χ0) is 21.3. The van der Waals surface area contributed by atoms with Crippen LogP contribution in [0.5, 0.6) is 11.5 Å². The Kier molecular flexibility index (Phi) is 11.8. The van der Waals surface area contributed by atoms with Crippen molar-refractivity contribution in [2.45, 2.75) is 52.2 Å². The Morgan fingerprint density at radius 1 is 1.17 bits per heavy atom. The first-order chi connectivity index (χ1) is 13.8. The first-order valence-electron chi connectivity index (χ1n) is 10.6. The van der Waals surface area contributed by atoms with Gasteiger partial charge in [-0.1, -0.05) is 0 Å². The van der Waals surface area contributed by atoms with Crippen molar-refractivity contribution in [1.29, 1.82) is 0 Å². The molecule has 0 radical (unpaired) electrons. The van der Waals surface area contributed by atoms with E-state index in [-0.39, 0.29) is 29.5 Å². The molecule has 1 unspecified atom stereocenters. The second-order valence-corrected chi connectivity index (χ2v) is 8.52. The predicted molar refractivity (Wildman–Crippen MR) is 136 cm³/mol. The fourth-order valence-corrected chi connectivity index (χ4v) is 3.42. The van der Waals surface area contributed by atoms with Gasteiger partial charge in [0.1, 0.15) is 11.5 Å². The summed E-state index contributed by atoms with van der Waals surface area (Å²) in [5.74, 6) is 2.57. The molecule has 30 heavy (non-hydrogen) atoms. The number of likely N-dealkylation sites (tertiary alicyclic amines) is 1. The highest BCUT2D eigenvalue weighted by Crippen LogP contribution is 2.24. The smallest absolute Gasteiger partial charge is 0.191 e. The lowest BCUT2D eigenvalue weighted by Gasteiger charge is -2.21. The molecule has 2 rings (SSSR count). The van der Waals surface area contributed by atoms with Crippen LogP contribution >= 0.6 is 24.0 Å². The summed E-state index contributed by atoms with van der Waals surface area (Å²) < 4.78 is 10.8. The first-order valence-corrected chi connectivity index (χ1v) is 10.6. The van der Waals surface area contributed by atoms with E-state index in [0.717, 1.165) is 63.1 Å². The molecule has 1 aliphatic heterocycles. The van der Waals surface area contributed by atoms with Gasteiger partial charge in [0.2, 0.25) is 0 Å². The van der Waals surface area contributed by atoms with Crippen LogP contribution in [0.2, 0.25) is 0 Å². The number of guanidine groups is 1. The summed E-state index contributed by atoms with van der Waals surface area (Å²) >= 11 is 0. The minimum absolute atomic E-state index is 0. The molecule has 172 valence electrons. The van der Waals surface area contributed by atoms with Crippen LogP contribution in [0.4, 0.5) is 0 Å². The summed E-state index contributed by atoms with van der Waals surface area (Å²) in [7, 11) is 3.37. The van der Waals surface area contributed by atoms with Crippen molar-refractivity contribution >= 4 is 29.9 Å². The number of halogens is 1. The topological polar surface area (TPSA) is 70.2 Å². The van der Waals surface area contributed by atoms with Crippen molar-refractivity contribution in [3.63, 3.8) is 0 Å². The van der Waals surface area contributed by atoms with Crippen molar-refractivity contribution in [2.24, 2.45) is 4.99 Å². The maximum atomic E-state index is 5.39. The molecule has 1 aromatic carbocycles. The minimum Gasteiger partial charge on any atom is -0.497 e.